The first-order valence-corrected chi connectivity index (χ1v) is 10.1. The van der Waals surface area contributed by atoms with Crippen molar-refractivity contribution in [2.75, 3.05) is 26.4 Å². The molecule has 0 aromatic carbocycles. The second-order valence-electron chi connectivity index (χ2n) is 2.33. The van der Waals surface area contributed by atoms with Gasteiger partial charge in [-0.3, -0.25) is 9.05 Å². The van der Waals surface area contributed by atoms with E-state index in [0.717, 1.165) is 0 Å². The van der Waals surface area contributed by atoms with E-state index in [2.05, 4.69) is 39.8 Å². The summed E-state index contributed by atoms with van der Waals surface area (Å²) >= 11 is 5.25. The Labute approximate surface area is 156 Å². The van der Waals surface area contributed by atoms with E-state index < -0.39 is 15.2 Å². The van der Waals surface area contributed by atoms with Gasteiger partial charge in [0.15, 0.2) is 0 Å². The van der Waals surface area contributed by atoms with E-state index in [1.165, 1.54) is 0 Å². The molecule has 0 saturated heterocycles. The third-order valence-corrected chi connectivity index (χ3v) is 3.69. The van der Waals surface area contributed by atoms with Gasteiger partial charge in [-0.15, -0.1) is 21.5 Å². The molecule has 0 aromatic rings. The second-order valence-corrected chi connectivity index (χ2v) is 5.91. The topological polar surface area (TPSA) is 71.1 Å². The van der Waals surface area contributed by atoms with Gasteiger partial charge in [0.25, 0.3) is 0 Å². The Morgan fingerprint density at radius 1 is 0.864 bits per heavy atom. The van der Waals surface area contributed by atoms with Crippen LogP contribution in [0.25, 0.3) is 0 Å². The predicted molar refractivity (Wildman–Crippen MR) is 100.0 cm³/mol. The molecular weight excluding hydrogens is 420 g/mol. The molecule has 0 saturated carbocycles. The summed E-state index contributed by atoms with van der Waals surface area (Å²) < 4.78 is 39.4. The van der Waals surface area contributed by atoms with Crippen LogP contribution in [0.5, 0.6) is 0 Å². The molecule has 0 aromatic heterocycles. The third kappa shape index (κ3) is 37.5. The first-order chi connectivity index (χ1) is 8.93. The Balaban J connectivity index is -0.0000000466. The minimum absolute atomic E-state index is 0. The Morgan fingerprint density at radius 2 is 1.14 bits per heavy atom. The highest BCUT2D eigenvalue weighted by Crippen LogP contribution is 2.53. The quantitative estimate of drug-likeness (QED) is 0.365. The van der Waals surface area contributed by atoms with E-state index in [1.54, 1.807) is 27.7 Å². The molecule has 0 aliphatic rings. The van der Waals surface area contributed by atoms with Gasteiger partial charge >= 0.3 is 15.2 Å². The van der Waals surface area contributed by atoms with Crippen molar-refractivity contribution in [2.24, 2.45) is 0 Å². The summed E-state index contributed by atoms with van der Waals surface area (Å²) in [5.41, 5.74) is 0. The molecule has 0 heterocycles. The summed E-state index contributed by atoms with van der Waals surface area (Å²) in [5.74, 6) is 0. The number of halogens is 4. The largest absolute Gasteiger partial charge is 0.697 e. The van der Waals surface area contributed by atoms with Gasteiger partial charge in [0.05, 0.1) is 13.2 Å². The standard InChI is InChI=1S/C4H10ClO3P.C4H10O3P.2CH4.Cl2.ClH/c1-3-7-9(5,6)8-4-2;1-3-6-8(5)7-4-2;;;1-2;/h3-4H2,1-2H3;3-4H2,1-2H3;2*1H4;;1H/q;+1;;;;. The molecular formula is C10H29Cl4O6P2+. The fraction of sp³-hybridized carbons (Fsp3) is 1.00. The number of hydrogen-bond acceptors (Lipinski definition) is 6. The van der Waals surface area contributed by atoms with E-state index in [4.69, 9.17) is 11.2 Å². The molecule has 0 N–H and O–H groups in total. The lowest BCUT2D eigenvalue weighted by Gasteiger charge is -2.06. The molecule has 0 radical (unpaired) electrons. The molecule has 0 atom stereocenters. The van der Waals surface area contributed by atoms with Crippen molar-refractivity contribution < 1.29 is 27.2 Å². The lowest BCUT2D eigenvalue weighted by molar-refractivity contribution is 0.235. The van der Waals surface area contributed by atoms with Crippen molar-refractivity contribution in [3.8, 4) is 0 Å². The number of hydrogen-bond donors (Lipinski definition) is 0. The van der Waals surface area contributed by atoms with Crippen LogP contribution < -0.4 is 0 Å². The minimum Gasteiger partial charge on any atom is -0.297 e. The molecule has 0 bridgehead atoms. The van der Waals surface area contributed by atoms with Crippen LogP contribution in [-0.2, 0) is 27.2 Å². The van der Waals surface area contributed by atoms with Crippen LogP contribution in [0, 0.1) is 0 Å². The van der Waals surface area contributed by atoms with Gasteiger partial charge in [-0.05, 0) is 27.7 Å². The van der Waals surface area contributed by atoms with E-state index in [9.17, 15) is 9.13 Å². The Hall–Kier alpha value is 1.33. The van der Waals surface area contributed by atoms with Crippen molar-refractivity contribution in [3.63, 3.8) is 0 Å². The molecule has 12 heteroatoms. The minimum atomic E-state index is -3.22. The molecule has 0 aliphatic heterocycles. The summed E-state index contributed by atoms with van der Waals surface area (Å²) in [4.78, 5) is 0. The zero-order chi connectivity index (χ0) is 15.7. The van der Waals surface area contributed by atoms with E-state index in [0.29, 0.717) is 26.4 Å². The molecule has 0 amide bonds. The van der Waals surface area contributed by atoms with Gasteiger partial charge in [0, 0.05) is 37.5 Å². The fourth-order valence-electron chi connectivity index (χ4n) is 0.594. The predicted octanol–water partition coefficient (Wildman–Crippen LogP) is 7.20. The summed E-state index contributed by atoms with van der Waals surface area (Å²) in [6.45, 7) is 5.22. The number of rotatable bonds is 8. The van der Waals surface area contributed by atoms with Crippen molar-refractivity contribution in [1.29, 1.82) is 0 Å². The van der Waals surface area contributed by atoms with E-state index >= 15 is 0 Å². The Morgan fingerprint density at radius 3 is 1.32 bits per heavy atom. The van der Waals surface area contributed by atoms with Crippen molar-refractivity contribution in [1.82, 2.24) is 0 Å². The van der Waals surface area contributed by atoms with Gasteiger partial charge in [0.1, 0.15) is 13.2 Å². The van der Waals surface area contributed by atoms with Gasteiger partial charge < -0.3 is 0 Å². The monoisotopic (exact) mass is 447 g/mol. The fourth-order valence-corrected chi connectivity index (χ4v) is 2.37. The van der Waals surface area contributed by atoms with Gasteiger partial charge in [0.2, 0.25) is 0 Å². The van der Waals surface area contributed by atoms with Crippen LogP contribution in [0.15, 0.2) is 0 Å². The van der Waals surface area contributed by atoms with Gasteiger partial charge in [-0.25, -0.2) is 4.57 Å². The molecule has 0 unspecified atom stereocenters. The van der Waals surface area contributed by atoms with Crippen LogP contribution in [0.4, 0.5) is 0 Å². The highest BCUT2D eigenvalue weighted by molar-refractivity contribution is 7.81. The molecule has 6 nitrogen and oxygen atoms in total. The maximum Gasteiger partial charge on any atom is 0.697 e. The van der Waals surface area contributed by atoms with Crippen molar-refractivity contribution >= 4 is 60.6 Å². The maximum atomic E-state index is 10.7. The van der Waals surface area contributed by atoms with Crippen LogP contribution in [0.1, 0.15) is 42.5 Å². The Bertz CT molecular complexity index is 231. The normalized spacial score (nSPS) is 8.50. The maximum absolute atomic E-state index is 10.7. The van der Waals surface area contributed by atoms with Crippen molar-refractivity contribution in [2.45, 2.75) is 42.5 Å². The van der Waals surface area contributed by atoms with Crippen LogP contribution >= 0.6 is 60.6 Å². The zero-order valence-electron chi connectivity index (χ0n) is 11.7. The highest BCUT2D eigenvalue weighted by Gasteiger charge is 2.17. The molecule has 0 fully saturated rings. The smallest absolute Gasteiger partial charge is 0.297 e. The zero-order valence-corrected chi connectivity index (χ0v) is 16.6. The lowest BCUT2D eigenvalue weighted by atomic mass is 10.9. The highest BCUT2D eigenvalue weighted by atomic mass is 36.5. The first kappa shape index (κ1) is 38.7. The van der Waals surface area contributed by atoms with Crippen LogP contribution in [0.2, 0.25) is 0 Å². The van der Waals surface area contributed by atoms with Crippen LogP contribution in [0.3, 0.4) is 0 Å². The van der Waals surface area contributed by atoms with Gasteiger partial charge in [-0.2, -0.15) is 0 Å². The van der Waals surface area contributed by atoms with E-state index in [-0.39, 0.29) is 27.3 Å². The molecule has 0 rings (SSSR count). The summed E-state index contributed by atoms with van der Waals surface area (Å²) in [6, 6.07) is 0. The summed E-state index contributed by atoms with van der Waals surface area (Å²) in [6.07, 6.45) is 0. The van der Waals surface area contributed by atoms with Crippen molar-refractivity contribution in [3.05, 3.63) is 0 Å². The average molecular weight is 449 g/mol. The summed E-state index contributed by atoms with van der Waals surface area (Å²) in [5, 5.41) is 0. The average Bonchev–Trinajstić information content (AvgIpc) is 2.33. The lowest BCUT2D eigenvalue weighted by Crippen LogP contribution is -1.88. The van der Waals surface area contributed by atoms with Crippen LogP contribution in [-0.4, -0.2) is 26.4 Å². The third-order valence-electron chi connectivity index (χ3n) is 1.04. The van der Waals surface area contributed by atoms with E-state index in [1.807, 2.05) is 0 Å². The molecule has 0 spiro atoms. The van der Waals surface area contributed by atoms with Gasteiger partial charge in [-0.1, -0.05) is 14.9 Å². The second kappa shape index (κ2) is 30.2. The molecule has 22 heavy (non-hydrogen) atoms. The molecule has 142 valence electrons. The Kier molecular flexibility index (Phi) is 53.2. The SMILES string of the molecule is C.C.CCOP(=O)(Cl)OCC.CCO[P+](=O)OCC.Cl.ClCl. The molecule has 0 aliphatic carbocycles. The summed E-state index contributed by atoms with van der Waals surface area (Å²) in [7, 11) is 6.39. The first-order valence-electron chi connectivity index (χ1n) is 5.39.